The minimum atomic E-state index is -0.578. The first-order chi connectivity index (χ1) is 8.08. The van der Waals surface area contributed by atoms with Gasteiger partial charge in [-0.1, -0.05) is 31.9 Å². The van der Waals surface area contributed by atoms with E-state index in [1.165, 1.54) is 12.1 Å². The fourth-order valence-electron chi connectivity index (χ4n) is 1.53. The average Bonchev–Trinajstić information content (AvgIpc) is 2.68. The number of H-pyrrole nitrogens is 1. The zero-order valence-corrected chi connectivity index (χ0v) is 11.7. The van der Waals surface area contributed by atoms with E-state index in [2.05, 4.69) is 41.8 Å². The van der Waals surface area contributed by atoms with Crippen molar-refractivity contribution in [1.29, 1.82) is 0 Å². The minimum absolute atomic E-state index is 0.0181. The lowest BCUT2D eigenvalue weighted by Gasteiger charge is -2.11. The number of hydrogen-bond acceptors (Lipinski definition) is 1. The van der Waals surface area contributed by atoms with E-state index in [0.29, 0.717) is 16.7 Å². The molecule has 0 radical (unpaired) electrons. The van der Waals surface area contributed by atoms with Crippen molar-refractivity contribution in [1.82, 2.24) is 9.97 Å². The van der Waals surface area contributed by atoms with Crippen LogP contribution < -0.4 is 0 Å². The first kappa shape index (κ1) is 12.7. The van der Waals surface area contributed by atoms with Crippen LogP contribution in [0.3, 0.4) is 0 Å². The van der Waals surface area contributed by atoms with Crippen molar-refractivity contribution in [3.05, 3.63) is 52.0 Å². The Labute approximate surface area is 114 Å². The normalized spacial score (nSPS) is 12.7. The number of alkyl halides is 1. The third-order valence-electron chi connectivity index (χ3n) is 2.28. The van der Waals surface area contributed by atoms with E-state index in [-0.39, 0.29) is 5.56 Å². The monoisotopic (exact) mass is 364 g/mol. The van der Waals surface area contributed by atoms with E-state index in [1.54, 1.807) is 12.4 Å². The second kappa shape index (κ2) is 5.27. The van der Waals surface area contributed by atoms with Crippen LogP contribution in [0.25, 0.3) is 0 Å². The summed E-state index contributed by atoms with van der Waals surface area (Å²) in [6.07, 6.45) is 3.66. The highest BCUT2D eigenvalue weighted by Gasteiger charge is 2.19. The number of hydrogen-bond donors (Lipinski definition) is 1. The molecule has 1 heterocycles. The summed E-state index contributed by atoms with van der Waals surface area (Å²) >= 11 is 6.32. The van der Waals surface area contributed by atoms with Gasteiger partial charge in [-0.3, -0.25) is 0 Å². The van der Waals surface area contributed by atoms with Gasteiger partial charge in [-0.25, -0.2) is 13.8 Å². The van der Waals surface area contributed by atoms with Gasteiger partial charge in [0.1, 0.15) is 17.5 Å². The lowest BCUT2D eigenvalue weighted by molar-refractivity contribution is 0.551. The molecule has 0 aliphatic heterocycles. The second-order valence-corrected chi connectivity index (χ2v) is 5.51. The first-order valence-corrected chi connectivity index (χ1v) is 6.55. The van der Waals surface area contributed by atoms with Crippen molar-refractivity contribution in [2.24, 2.45) is 0 Å². The van der Waals surface area contributed by atoms with E-state index >= 15 is 0 Å². The van der Waals surface area contributed by atoms with Crippen LogP contribution in [0.4, 0.5) is 8.78 Å². The van der Waals surface area contributed by atoms with Gasteiger partial charge in [0.25, 0.3) is 0 Å². The molecule has 0 amide bonds. The van der Waals surface area contributed by atoms with Gasteiger partial charge in [-0.2, -0.15) is 0 Å². The van der Waals surface area contributed by atoms with Gasteiger partial charge in [0.2, 0.25) is 0 Å². The second-order valence-electron chi connectivity index (χ2n) is 3.49. The lowest BCUT2D eigenvalue weighted by atomic mass is 10.1. The molecule has 1 aromatic carbocycles. The van der Waals surface area contributed by atoms with Crippen LogP contribution in [-0.4, -0.2) is 9.97 Å². The van der Waals surface area contributed by atoms with Crippen molar-refractivity contribution in [3.8, 4) is 0 Å². The maximum atomic E-state index is 13.7. The van der Waals surface area contributed by atoms with Crippen molar-refractivity contribution < 1.29 is 8.78 Å². The Hall–Kier alpha value is -0.750. The van der Waals surface area contributed by atoms with Crippen LogP contribution >= 0.6 is 31.9 Å². The quantitative estimate of drug-likeness (QED) is 0.814. The lowest BCUT2D eigenvalue weighted by Crippen LogP contribution is -2.03. The van der Waals surface area contributed by atoms with E-state index in [1.807, 2.05) is 0 Å². The molecular weight excluding hydrogens is 358 g/mol. The third-order valence-corrected chi connectivity index (χ3v) is 3.52. The number of aromatic amines is 1. The molecule has 1 atom stereocenters. The predicted octanol–water partition coefficient (Wildman–Crippen LogP) is 4.13. The highest BCUT2D eigenvalue weighted by atomic mass is 79.9. The van der Waals surface area contributed by atoms with Crippen LogP contribution in [0.5, 0.6) is 0 Å². The highest BCUT2D eigenvalue weighted by Crippen LogP contribution is 2.32. The summed E-state index contributed by atoms with van der Waals surface area (Å²) in [6, 6.07) is 2.49. The number of aromatic nitrogens is 2. The van der Waals surface area contributed by atoms with Gasteiger partial charge in [0.05, 0.1) is 4.83 Å². The zero-order chi connectivity index (χ0) is 12.4. The Morgan fingerprint density at radius 2 is 1.94 bits per heavy atom. The highest BCUT2D eigenvalue weighted by molar-refractivity contribution is 9.10. The molecule has 1 aromatic heterocycles. The SMILES string of the molecule is Fc1cc(Br)cc(F)c1C(Br)Cc1ncc[nH]1. The first-order valence-electron chi connectivity index (χ1n) is 4.84. The molecule has 0 aliphatic carbocycles. The smallest absolute Gasteiger partial charge is 0.131 e. The predicted molar refractivity (Wildman–Crippen MR) is 68.0 cm³/mol. The Bertz CT molecular complexity index is 491. The Kier molecular flexibility index (Phi) is 3.93. The topological polar surface area (TPSA) is 28.7 Å². The maximum absolute atomic E-state index is 13.7. The zero-order valence-electron chi connectivity index (χ0n) is 8.55. The standard InChI is InChI=1S/C11H8Br2F2N2/c12-6-3-8(14)11(9(15)4-6)7(13)5-10-16-1-2-17-10/h1-4,7H,5H2,(H,16,17). The Balaban J connectivity index is 2.27. The maximum Gasteiger partial charge on any atom is 0.131 e. The van der Waals surface area contributed by atoms with Gasteiger partial charge >= 0.3 is 0 Å². The van der Waals surface area contributed by atoms with Gasteiger partial charge in [0.15, 0.2) is 0 Å². The molecule has 0 fully saturated rings. The van der Waals surface area contributed by atoms with Gasteiger partial charge in [-0.05, 0) is 12.1 Å². The van der Waals surface area contributed by atoms with Gasteiger partial charge < -0.3 is 4.98 Å². The largest absolute Gasteiger partial charge is 0.349 e. The number of halogens is 4. The molecule has 2 aromatic rings. The summed E-state index contributed by atoms with van der Waals surface area (Å²) in [5.41, 5.74) is 0.0181. The van der Waals surface area contributed by atoms with Crippen LogP contribution in [0, 0.1) is 11.6 Å². The molecule has 0 bridgehead atoms. The van der Waals surface area contributed by atoms with Crippen LogP contribution in [-0.2, 0) is 6.42 Å². The van der Waals surface area contributed by atoms with Crippen molar-refractivity contribution in [3.63, 3.8) is 0 Å². The minimum Gasteiger partial charge on any atom is -0.349 e. The summed E-state index contributed by atoms with van der Waals surface area (Å²) < 4.78 is 27.7. The molecule has 2 nitrogen and oxygen atoms in total. The van der Waals surface area contributed by atoms with Crippen LogP contribution in [0.15, 0.2) is 29.0 Å². The fraction of sp³-hybridized carbons (Fsp3) is 0.182. The molecule has 90 valence electrons. The molecule has 1 N–H and O–H groups in total. The Morgan fingerprint density at radius 1 is 1.29 bits per heavy atom. The van der Waals surface area contributed by atoms with E-state index in [4.69, 9.17) is 0 Å². The molecule has 0 spiro atoms. The molecule has 0 saturated heterocycles. The van der Waals surface area contributed by atoms with Gasteiger partial charge in [-0.15, -0.1) is 0 Å². The van der Waals surface area contributed by atoms with Crippen LogP contribution in [0.1, 0.15) is 16.2 Å². The molecule has 17 heavy (non-hydrogen) atoms. The third kappa shape index (κ3) is 2.93. The number of benzene rings is 1. The molecule has 0 saturated carbocycles. The van der Waals surface area contributed by atoms with Crippen molar-refractivity contribution >= 4 is 31.9 Å². The number of rotatable bonds is 3. The molecule has 6 heteroatoms. The number of imidazole rings is 1. The van der Waals surface area contributed by atoms with Crippen molar-refractivity contribution in [2.75, 3.05) is 0 Å². The molecule has 1 unspecified atom stereocenters. The number of nitrogens with zero attached hydrogens (tertiary/aromatic N) is 1. The Morgan fingerprint density at radius 3 is 2.47 bits per heavy atom. The number of nitrogens with one attached hydrogen (secondary N) is 1. The van der Waals surface area contributed by atoms with E-state index in [9.17, 15) is 8.78 Å². The average molecular weight is 366 g/mol. The molecular formula is C11H8Br2F2N2. The van der Waals surface area contributed by atoms with E-state index < -0.39 is 16.5 Å². The van der Waals surface area contributed by atoms with Crippen LogP contribution in [0.2, 0.25) is 0 Å². The molecule has 0 aliphatic rings. The summed E-state index contributed by atoms with van der Waals surface area (Å²) in [4.78, 5) is 6.46. The van der Waals surface area contributed by atoms with Gasteiger partial charge in [0, 0.05) is 28.9 Å². The van der Waals surface area contributed by atoms with E-state index in [0.717, 1.165) is 0 Å². The summed E-state index contributed by atoms with van der Waals surface area (Å²) in [5, 5.41) is 0. The summed E-state index contributed by atoms with van der Waals surface area (Å²) in [6.45, 7) is 0. The summed E-state index contributed by atoms with van der Waals surface area (Å²) in [5.74, 6) is -0.482. The summed E-state index contributed by atoms with van der Waals surface area (Å²) in [7, 11) is 0. The molecule has 2 rings (SSSR count). The van der Waals surface area contributed by atoms with Crippen molar-refractivity contribution in [2.45, 2.75) is 11.2 Å². The fourth-order valence-corrected chi connectivity index (χ4v) is 2.68.